The van der Waals surface area contributed by atoms with E-state index in [1.54, 1.807) is 24.3 Å². The van der Waals surface area contributed by atoms with Crippen molar-refractivity contribution in [3.63, 3.8) is 0 Å². The van der Waals surface area contributed by atoms with Gasteiger partial charge < -0.3 is 0 Å². The van der Waals surface area contributed by atoms with E-state index in [0.29, 0.717) is 11.4 Å². The van der Waals surface area contributed by atoms with Crippen LogP contribution in [0.3, 0.4) is 0 Å². The van der Waals surface area contributed by atoms with E-state index < -0.39 is 10.0 Å². The zero-order chi connectivity index (χ0) is 16.4. The summed E-state index contributed by atoms with van der Waals surface area (Å²) in [5.74, 6) is 0. The molecule has 0 aliphatic rings. The summed E-state index contributed by atoms with van der Waals surface area (Å²) in [5, 5.41) is 11.3. The number of nitrogens with one attached hydrogen (secondary N) is 1. The molecule has 1 aromatic heterocycles. The molecule has 0 saturated heterocycles. The van der Waals surface area contributed by atoms with Gasteiger partial charge in [-0.15, -0.1) is 5.10 Å². The Labute approximate surface area is 141 Å². The maximum Gasteiger partial charge on any atom is 0.261 e. The quantitative estimate of drug-likeness (QED) is 0.763. The minimum atomic E-state index is -3.82. The topological polar surface area (TPSA) is 89.8 Å². The second-order valence-corrected chi connectivity index (χ2v) is 7.07. The molecule has 0 saturated carbocycles. The number of rotatable bonds is 4. The zero-order valence-corrected chi connectivity index (χ0v) is 13.7. The normalized spacial score (nSPS) is 11.4. The molecule has 0 aliphatic carbocycles. The van der Waals surface area contributed by atoms with Gasteiger partial charge in [-0.2, -0.15) is 0 Å². The Morgan fingerprint density at radius 1 is 1.04 bits per heavy atom. The van der Waals surface area contributed by atoms with Gasteiger partial charge in [-0.05, 0) is 46.8 Å². The molecular weight excluding hydrogens is 361 g/mol. The van der Waals surface area contributed by atoms with Crippen LogP contribution in [0.15, 0.2) is 53.7 Å². The molecule has 0 fully saturated rings. The molecular formula is C13H9Cl2N5O2S. The Kier molecular flexibility index (Phi) is 4.20. The third-order valence-corrected chi connectivity index (χ3v) is 4.66. The summed E-state index contributed by atoms with van der Waals surface area (Å²) in [7, 11) is -3.82. The average Bonchev–Trinajstić information content (AvgIpc) is 3.00. The van der Waals surface area contributed by atoms with Gasteiger partial charge in [0.05, 0.1) is 16.3 Å². The molecule has 1 N–H and O–H groups in total. The standard InChI is InChI=1S/C13H9Cl2N5O2S/c14-9-4-10(15)6-13(5-9)23(21,22)17-11-2-1-3-12(7-11)20-8-16-18-19-20/h1-8,17H. The number of hydrogen-bond acceptors (Lipinski definition) is 5. The van der Waals surface area contributed by atoms with Gasteiger partial charge in [0.1, 0.15) is 6.33 Å². The number of benzene rings is 2. The van der Waals surface area contributed by atoms with E-state index >= 15 is 0 Å². The van der Waals surface area contributed by atoms with Crippen molar-refractivity contribution in [3.05, 3.63) is 58.8 Å². The lowest BCUT2D eigenvalue weighted by Crippen LogP contribution is -2.13. The number of halogens is 2. The van der Waals surface area contributed by atoms with Gasteiger partial charge in [0.2, 0.25) is 0 Å². The molecule has 3 rings (SSSR count). The Bertz CT molecular complexity index is 925. The predicted octanol–water partition coefficient (Wildman–Crippen LogP) is 2.77. The SMILES string of the molecule is O=S(=O)(Nc1cccc(-n2cnnn2)c1)c1cc(Cl)cc(Cl)c1. The molecule has 0 bridgehead atoms. The highest BCUT2D eigenvalue weighted by atomic mass is 35.5. The highest BCUT2D eigenvalue weighted by molar-refractivity contribution is 7.92. The van der Waals surface area contributed by atoms with Crippen LogP contribution in [0.4, 0.5) is 5.69 Å². The first-order valence-electron chi connectivity index (χ1n) is 6.26. The molecule has 0 unspecified atom stereocenters. The van der Waals surface area contributed by atoms with Crippen molar-refractivity contribution in [2.45, 2.75) is 4.90 Å². The fraction of sp³-hybridized carbons (Fsp3) is 0. The molecule has 0 atom stereocenters. The second kappa shape index (κ2) is 6.15. The van der Waals surface area contributed by atoms with Crippen molar-refractivity contribution in [1.82, 2.24) is 20.2 Å². The minimum absolute atomic E-state index is 0.0252. The smallest absolute Gasteiger partial charge is 0.261 e. The third-order valence-electron chi connectivity index (χ3n) is 2.86. The van der Waals surface area contributed by atoms with Crippen LogP contribution in [-0.4, -0.2) is 28.6 Å². The summed E-state index contributed by atoms with van der Waals surface area (Å²) in [6, 6.07) is 10.7. The first-order valence-corrected chi connectivity index (χ1v) is 8.50. The molecule has 2 aromatic carbocycles. The number of hydrogen-bond donors (Lipinski definition) is 1. The van der Waals surface area contributed by atoms with Crippen LogP contribution in [0.5, 0.6) is 0 Å². The average molecular weight is 370 g/mol. The van der Waals surface area contributed by atoms with E-state index in [1.165, 1.54) is 29.2 Å². The summed E-state index contributed by atoms with van der Waals surface area (Å²) in [6.45, 7) is 0. The van der Waals surface area contributed by atoms with Gasteiger partial charge in [0.15, 0.2) is 0 Å². The minimum Gasteiger partial charge on any atom is -0.280 e. The highest BCUT2D eigenvalue weighted by Gasteiger charge is 2.16. The molecule has 1 heterocycles. The molecule has 0 radical (unpaired) electrons. The van der Waals surface area contributed by atoms with Crippen molar-refractivity contribution in [1.29, 1.82) is 0 Å². The van der Waals surface area contributed by atoms with Crippen molar-refractivity contribution < 1.29 is 8.42 Å². The number of nitrogens with zero attached hydrogens (tertiary/aromatic N) is 4. The van der Waals surface area contributed by atoms with E-state index in [0.717, 1.165) is 0 Å². The highest BCUT2D eigenvalue weighted by Crippen LogP contribution is 2.24. The summed E-state index contributed by atoms with van der Waals surface area (Å²) in [5.41, 5.74) is 0.966. The predicted molar refractivity (Wildman–Crippen MR) is 86.4 cm³/mol. The number of sulfonamides is 1. The van der Waals surface area contributed by atoms with Crippen LogP contribution in [0, 0.1) is 0 Å². The lowest BCUT2D eigenvalue weighted by atomic mass is 10.3. The van der Waals surface area contributed by atoms with Gasteiger partial charge in [-0.25, -0.2) is 13.1 Å². The zero-order valence-electron chi connectivity index (χ0n) is 11.4. The van der Waals surface area contributed by atoms with Gasteiger partial charge >= 0.3 is 0 Å². The van der Waals surface area contributed by atoms with Gasteiger partial charge in [-0.3, -0.25) is 4.72 Å². The number of tetrazole rings is 1. The first-order chi connectivity index (χ1) is 10.9. The Hall–Kier alpha value is -2.16. The van der Waals surface area contributed by atoms with Crippen LogP contribution in [0.1, 0.15) is 0 Å². The molecule has 3 aromatic rings. The van der Waals surface area contributed by atoms with Crippen LogP contribution in [0.2, 0.25) is 10.0 Å². The Morgan fingerprint density at radius 2 is 1.78 bits per heavy atom. The number of aromatic nitrogens is 4. The Balaban J connectivity index is 1.93. The van der Waals surface area contributed by atoms with Gasteiger partial charge in [-0.1, -0.05) is 29.3 Å². The number of anilines is 1. The van der Waals surface area contributed by atoms with Gasteiger partial charge in [0.25, 0.3) is 10.0 Å². The fourth-order valence-corrected chi connectivity index (χ4v) is 3.66. The van der Waals surface area contributed by atoms with Crippen molar-refractivity contribution in [2.24, 2.45) is 0 Å². The monoisotopic (exact) mass is 369 g/mol. The van der Waals surface area contributed by atoms with E-state index in [4.69, 9.17) is 23.2 Å². The fourth-order valence-electron chi connectivity index (χ4n) is 1.89. The molecule has 118 valence electrons. The Morgan fingerprint density at radius 3 is 2.43 bits per heavy atom. The summed E-state index contributed by atoms with van der Waals surface area (Å²) >= 11 is 11.7. The molecule has 0 aliphatic heterocycles. The summed E-state index contributed by atoms with van der Waals surface area (Å²) < 4.78 is 28.7. The van der Waals surface area contributed by atoms with Crippen LogP contribution in [0.25, 0.3) is 5.69 Å². The van der Waals surface area contributed by atoms with E-state index in [2.05, 4.69) is 20.2 Å². The first kappa shape index (κ1) is 15.7. The lowest BCUT2D eigenvalue weighted by Gasteiger charge is -2.10. The second-order valence-electron chi connectivity index (χ2n) is 4.52. The van der Waals surface area contributed by atoms with Crippen LogP contribution in [-0.2, 0) is 10.0 Å². The lowest BCUT2D eigenvalue weighted by molar-refractivity contribution is 0.601. The third kappa shape index (κ3) is 3.61. The van der Waals surface area contributed by atoms with Crippen molar-refractivity contribution in [3.8, 4) is 5.69 Å². The molecule has 0 amide bonds. The molecule has 23 heavy (non-hydrogen) atoms. The molecule has 7 nitrogen and oxygen atoms in total. The van der Waals surface area contributed by atoms with Crippen LogP contribution >= 0.6 is 23.2 Å². The van der Waals surface area contributed by atoms with E-state index in [-0.39, 0.29) is 14.9 Å². The summed E-state index contributed by atoms with van der Waals surface area (Å²) in [6.07, 6.45) is 1.41. The maximum atomic E-state index is 12.4. The summed E-state index contributed by atoms with van der Waals surface area (Å²) in [4.78, 5) is -0.0252. The van der Waals surface area contributed by atoms with Crippen molar-refractivity contribution in [2.75, 3.05) is 4.72 Å². The van der Waals surface area contributed by atoms with Gasteiger partial charge in [0, 0.05) is 10.0 Å². The largest absolute Gasteiger partial charge is 0.280 e. The molecule has 10 heteroatoms. The van der Waals surface area contributed by atoms with E-state index in [9.17, 15) is 8.42 Å². The van der Waals surface area contributed by atoms with Crippen molar-refractivity contribution >= 4 is 38.9 Å². The maximum absolute atomic E-state index is 12.4. The molecule has 0 spiro atoms. The van der Waals surface area contributed by atoms with E-state index in [1.807, 2.05) is 0 Å². The van der Waals surface area contributed by atoms with Crippen LogP contribution < -0.4 is 4.72 Å².